The molecule has 0 aliphatic rings. The number of phenolic OH excluding ortho intramolecular Hbond substituents is 1. The van der Waals surface area contributed by atoms with E-state index in [-0.39, 0.29) is 22.4 Å². The number of ether oxygens (including phenoxy) is 1. The number of carbonyl (C=O) groups is 1. The average molecular weight is 437 g/mol. The Morgan fingerprint density at radius 2 is 2.03 bits per heavy atom. The van der Waals surface area contributed by atoms with Gasteiger partial charge in [-0.2, -0.15) is 0 Å². The smallest absolute Gasteiger partial charge is 0.330 e. The van der Waals surface area contributed by atoms with Gasteiger partial charge in [0.15, 0.2) is 28.3 Å². The fraction of sp³-hybridized carbons (Fsp3) is 0.0435. The van der Waals surface area contributed by atoms with E-state index in [4.69, 9.17) is 20.8 Å². The Bertz CT molecular complexity index is 1350. The predicted molar refractivity (Wildman–Crippen MR) is 117 cm³/mol. The maximum atomic E-state index is 12.6. The normalized spacial score (nSPS) is 11.2. The summed E-state index contributed by atoms with van der Waals surface area (Å²) in [4.78, 5) is 27.8. The van der Waals surface area contributed by atoms with Crippen LogP contribution in [0, 0.1) is 0 Å². The van der Waals surface area contributed by atoms with E-state index in [1.807, 2.05) is 0 Å². The highest BCUT2D eigenvalue weighted by atomic mass is 35.5. The molecule has 0 fully saturated rings. The molecule has 0 aliphatic heterocycles. The number of nitrogens with one attached hydrogen (secondary N) is 1. The summed E-state index contributed by atoms with van der Waals surface area (Å²) >= 11 is 5.80. The summed E-state index contributed by atoms with van der Waals surface area (Å²) in [7, 11) is 1.45. The summed E-state index contributed by atoms with van der Waals surface area (Å²) in [6, 6.07) is 14.7. The predicted octanol–water partition coefficient (Wildman–Crippen LogP) is 4.69. The van der Waals surface area contributed by atoms with Crippen LogP contribution in [0.5, 0.6) is 11.5 Å². The quantitative estimate of drug-likeness (QED) is 0.337. The van der Waals surface area contributed by atoms with Gasteiger partial charge < -0.3 is 19.2 Å². The van der Waals surface area contributed by atoms with Crippen molar-refractivity contribution < 1.29 is 19.1 Å². The van der Waals surface area contributed by atoms with Crippen molar-refractivity contribution in [3.8, 4) is 28.6 Å². The number of halogens is 1. The van der Waals surface area contributed by atoms with E-state index >= 15 is 0 Å². The summed E-state index contributed by atoms with van der Waals surface area (Å²) in [5, 5.41) is 9.89. The van der Waals surface area contributed by atoms with Crippen LogP contribution in [0.3, 0.4) is 0 Å². The molecule has 0 spiro atoms. The number of benzene rings is 2. The Morgan fingerprint density at radius 1 is 1.19 bits per heavy atom. The fourth-order valence-electron chi connectivity index (χ4n) is 3.05. The molecule has 4 rings (SSSR count). The molecule has 7 nitrogen and oxygen atoms in total. The third kappa shape index (κ3) is 4.31. The molecule has 8 heteroatoms. The van der Waals surface area contributed by atoms with Gasteiger partial charge in [-0.05, 0) is 59.6 Å². The number of aromatic amines is 1. The minimum atomic E-state index is -0.376. The lowest BCUT2D eigenvalue weighted by Gasteiger charge is -2.04. The van der Waals surface area contributed by atoms with Crippen LogP contribution in [-0.4, -0.2) is 27.6 Å². The van der Waals surface area contributed by atoms with Crippen LogP contribution in [0.25, 0.3) is 23.2 Å². The lowest BCUT2D eigenvalue weighted by molar-refractivity contribution is 0.104. The fourth-order valence-corrected chi connectivity index (χ4v) is 3.19. The molecular formula is C23H17ClN2O5. The van der Waals surface area contributed by atoms with E-state index in [0.29, 0.717) is 34.0 Å². The van der Waals surface area contributed by atoms with E-state index in [0.717, 1.165) is 0 Å². The van der Waals surface area contributed by atoms with Crippen molar-refractivity contribution in [3.63, 3.8) is 0 Å². The number of allylic oxidation sites excluding steroid dienone is 1. The van der Waals surface area contributed by atoms with E-state index in [2.05, 4.69) is 4.98 Å². The van der Waals surface area contributed by atoms with Crippen molar-refractivity contribution in [2.75, 3.05) is 7.11 Å². The van der Waals surface area contributed by atoms with Gasteiger partial charge in [0.1, 0.15) is 5.69 Å². The van der Waals surface area contributed by atoms with Crippen molar-refractivity contribution >= 4 is 23.5 Å². The molecule has 2 aromatic carbocycles. The van der Waals surface area contributed by atoms with Gasteiger partial charge in [-0.25, -0.2) is 4.79 Å². The van der Waals surface area contributed by atoms with Crippen LogP contribution < -0.4 is 10.4 Å². The number of methoxy groups -OCH3 is 1. The molecular weight excluding hydrogens is 420 g/mol. The molecule has 4 aromatic rings. The molecule has 0 bridgehead atoms. The zero-order valence-corrected chi connectivity index (χ0v) is 17.1. The Balaban J connectivity index is 1.59. The van der Waals surface area contributed by atoms with Crippen LogP contribution in [0.15, 0.2) is 76.1 Å². The SMILES string of the molecule is COc1cc(C=CC(=O)c2cccc(-n3cc(-c4ccc(Cl)o4)[nH]c3=O)c2)ccc1O. The average Bonchev–Trinajstić information content (AvgIpc) is 3.38. The van der Waals surface area contributed by atoms with Gasteiger partial charge in [-0.1, -0.05) is 24.3 Å². The van der Waals surface area contributed by atoms with Gasteiger partial charge in [0, 0.05) is 11.8 Å². The highest BCUT2D eigenvalue weighted by Crippen LogP contribution is 2.27. The lowest BCUT2D eigenvalue weighted by atomic mass is 10.1. The molecule has 31 heavy (non-hydrogen) atoms. The van der Waals surface area contributed by atoms with Crippen LogP contribution in [-0.2, 0) is 0 Å². The van der Waals surface area contributed by atoms with E-state index in [1.165, 1.54) is 23.8 Å². The molecule has 2 N–H and O–H groups in total. The van der Waals surface area contributed by atoms with Crippen LogP contribution in [0.2, 0.25) is 5.22 Å². The summed E-state index contributed by atoms with van der Waals surface area (Å²) in [6.07, 6.45) is 4.62. The van der Waals surface area contributed by atoms with Crippen LogP contribution in [0.1, 0.15) is 15.9 Å². The van der Waals surface area contributed by atoms with E-state index in [9.17, 15) is 14.7 Å². The molecule has 0 saturated carbocycles. The summed E-state index contributed by atoms with van der Waals surface area (Å²) in [6.45, 7) is 0. The molecule has 0 amide bonds. The number of furan rings is 1. The van der Waals surface area contributed by atoms with Crippen molar-refractivity contribution in [1.82, 2.24) is 9.55 Å². The van der Waals surface area contributed by atoms with Crippen molar-refractivity contribution in [2.24, 2.45) is 0 Å². The monoisotopic (exact) mass is 436 g/mol. The molecule has 0 atom stereocenters. The summed E-state index contributed by atoms with van der Waals surface area (Å²) < 4.78 is 11.8. The molecule has 0 saturated heterocycles. The zero-order chi connectivity index (χ0) is 22.0. The second-order valence-electron chi connectivity index (χ2n) is 6.63. The van der Waals surface area contributed by atoms with E-state index < -0.39 is 0 Å². The number of hydrogen-bond donors (Lipinski definition) is 2. The summed E-state index contributed by atoms with van der Waals surface area (Å²) in [5.74, 6) is 0.528. The van der Waals surface area contributed by atoms with Gasteiger partial charge in [0.25, 0.3) is 0 Å². The molecule has 0 unspecified atom stereocenters. The number of rotatable bonds is 6. The number of carbonyl (C=O) groups excluding carboxylic acids is 1. The first-order valence-electron chi connectivity index (χ1n) is 9.22. The molecule has 2 aromatic heterocycles. The largest absolute Gasteiger partial charge is 0.504 e. The standard InChI is InChI=1S/C23H17ClN2O5/c1-30-21-11-14(6-8-19(21)28)5-7-18(27)15-3-2-4-16(12-15)26-13-17(25-23(26)29)20-9-10-22(24)31-20/h2-13,28H,1H3,(H,25,29). The van der Waals surface area contributed by atoms with Gasteiger partial charge in [-0.3, -0.25) is 9.36 Å². The third-order valence-corrected chi connectivity index (χ3v) is 4.80. The maximum Gasteiger partial charge on any atom is 0.330 e. The minimum absolute atomic E-state index is 0.0202. The Kier molecular flexibility index (Phi) is 5.51. The minimum Gasteiger partial charge on any atom is -0.504 e. The van der Waals surface area contributed by atoms with Gasteiger partial charge in [0.2, 0.25) is 0 Å². The highest BCUT2D eigenvalue weighted by Gasteiger charge is 2.12. The van der Waals surface area contributed by atoms with Gasteiger partial charge in [-0.15, -0.1) is 0 Å². The first-order chi connectivity index (χ1) is 14.9. The second kappa shape index (κ2) is 8.41. The van der Waals surface area contributed by atoms with Crippen LogP contribution in [0.4, 0.5) is 0 Å². The number of aromatic nitrogens is 2. The number of aromatic hydroxyl groups is 1. The van der Waals surface area contributed by atoms with Gasteiger partial charge >= 0.3 is 5.69 Å². The summed E-state index contributed by atoms with van der Waals surface area (Å²) in [5.41, 5.74) is 1.72. The number of phenols is 1. The Hall–Kier alpha value is -3.97. The Morgan fingerprint density at radius 3 is 2.77 bits per heavy atom. The zero-order valence-electron chi connectivity index (χ0n) is 16.3. The second-order valence-corrected chi connectivity index (χ2v) is 7.00. The Labute approximate surface area is 181 Å². The van der Waals surface area contributed by atoms with Gasteiger partial charge in [0.05, 0.1) is 12.8 Å². The number of imidazole rings is 1. The highest BCUT2D eigenvalue weighted by molar-refractivity contribution is 6.29. The van der Waals surface area contributed by atoms with Crippen LogP contribution >= 0.6 is 11.6 Å². The van der Waals surface area contributed by atoms with Crippen molar-refractivity contribution in [3.05, 3.63) is 93.7 Å². The lowest BCUT2D eigenvalue weighted by Crippen LogP contribution is -2.14. The number of ketones is 1. The first kappa shape index (κ1) is 20.3. The number of H-pyrrole nitrogens is 1. The van der Waals surface area contributed by atoms with Crippen molar-refractivity contribution in [1.29, 1.82) is 0 Å². The molecule has 0 radical (unpaired) electrons. The maximum absolute atomic E-state index is 12.6. The third-order valence-electron chi connectivity index (χ3n) is 4.60. The molecule has 2 heterocycles. The molecule has 0 aliphatic carbocycles. The number of hydrogen-bond acceptors (Lipinski definition) is 5. The first-order valence-corrected chi connectivity index (χ1v) is 9.59. The van der Waals surface area contributed by atoms with E-state index in [1.54, 1.807) is 60.8 Å². The van der Waals surface area contributed by atoms with Crippen molar-refractivity contribution in [2.45, 2.75) is 0 Å². The topological polar surface area (TPSA) is 97.5 Å². The number of nitrogens with zero attached hydrogens (tertiary/aromatic N) is 1. The molecule has 156 valence electrons.